The van der Waals surface area contributed by atoms with Gasteiger partial charge in [0.25, 0.3) is 0 Å². The lowest BCUT2D eigenvalue weighted by molar-refractivity contribution is 0.340. The number of anilines is 2. The molecule has 0 aromatic heterocycles. The van der Waals surface area contributed by atoms with E-state index in [1.165, 1.54) is 0 Å². The molecule has 2 aromatic rings. The monoisotopic (exact) mass is 312 g/mol. The first-order chi connectivity index (χ1) is 10.7. The van der Waals surface area contributed by atoms with Crippen molar-refractivity contribution in [1.29, 1.82) is 0 Å². The molecule has 2 N–H and O–H groups in total. The second-order valence-electron chi connectivity index (χ2n) is 4.77. The largest absolute Gasteiger partial charge is 0.494 e. The van der Waals surface area contributed by atoms with E-state index in [1.807, 2.05) is 74.5 Å². The molecule has 2 aromatic carbocycles. The van der Waals surface area contributed by atoms with Crippen molar-refractivity contribution in [2.24, 2.45) is 0 Å². The lowest BCUT2D eigenvalue weighted by Gasteiger charge is -2.09. The lowest BCUT2D eigenvalue weighted by Crippen LogP contribution is -2.08. The number of hydrogen-bond acceptors (Lipinski definition) is 3. The molecule has 0 heterocycles. The molecule has 0 unspecified atom stereocenters. The van der Waals surface area contributed by atoms with E-state index in [-0.39, 0.29) is 0 Å². The standard InChI is InChI=1S/C18H20N2OS/c1-3-21-17-11-9-16(10-12-17)19-14(2)13-18(22)20-15-7-5-4-6-8-15/h4-13,19H,3H2,1-2H3,(H,20,22)/b14-13+. The molecule has 0 bridgehead atoms. The van der Waals surface area contributed by atoms with Crippen molar-refractivity contribution in [3.05, 3.63) is 66.4 Å². The van der Waals surface area contributed by atoms with Crippen molar-refractivity contribution in [2.45, 2.75) is 13.8 Å². The van der Waals surface area contributed by atoms with Gasteiger partial charge in [-0.25, -0.2) is 0 Å². The maximum absolute atomic E-state index is 5.42. The van der Waals surface area contributed by atoms with Crippen molar-refractivity contribution in [2.75, 3.05) is 17.2 Å². The summed E-state index contributed by atoms with van der Waals surface area (Å²) in [5.74, 6) is 0.871. The second kappa shape index (κ2) is 8.20. The summed E-state index contributed by atoms with van der Waals surface area (Å²) in [4.78, 5) is 0.669. The number of hydrogen-bond donors (Lipinski definition) is 2. The summed E-state index contributed by atoms with van der Waals surface area (Å²) in [6.45, 7) is 4.63. The number of nitrogens with one attached hydrogen (secondary N) is 2. The average molecular weight is 312 g/mol. The third-order valence-corrected chi connectivity index (χ3v) is 3.12. The molecule has 0 spiro atoms. The summed E-state index contributed by atoms with van der Waals surface area (Å²) in [7, 11) is 0. The Morgan fingerprint density at radius 2 is 1.64 bits per heavy atom. The summed E-state index contributed by atoms with van der Waals surface area (Å²) in [6, 6.07) is 17.7. The Morgan fingerprint density at radius 3 is 2.27 bits per heavy atom. The third-order valence-electron chi connectivity index (χ3n) is 2.90. The van der Waals surface area contributed by atoms with Gasteiger partial charge in [-0.3, -0.25) is 0 Å². The average Bonchev–Trinajstić information content (AvgIpc) is 2.50. The van der Waals surface area contributed by atoms with E-state index in [9.17, 15) is 0 Å². The van der Waals surface area contributed by atoms with Gasteiger partial charge in [-0.1, -0.05) is 30.4 Å². The molecule has 0 saturated carbocycles. The maximum atomic E-state index is 5.42. The van der Waals surface area contributed by atoms with Crippen LogP contribution in [-0.2, 0) is 0 Å². The van der Waals surface area contributed by atoms with Crippen LogP contribution < -0.4 is 15.4 Å². The van der Waals surface area contributed by atoms with E-state index in [1.54, 1.807) is 0 Å². The van der Waals surface area contributed by atoms with Gasteiger partial charge in [0.1, 0.15) is 10.7 Å². The van der Waals surface area contributed by atoms with E-state index >= 15 is 0 Å². The normalized spacial score (nSPS) is 10.9. The number of ether oxygens (including phenoxy) is 1. The Balaban J connectivity index is 1.92. The number of allylic oxidation sites excluding steroid dienone is 1. The first-order valence-corrected chi connectivity index (χ1v) is 7.62. The molecule has 0 aliphatic rings. The fraction of sp³-hybridized carbons (Fsp3) is 0.167. The summed E-state index contributed by atoms with van der Waals surface area (Å²) in [5, 5.41) is 6.49. The van der Waals surface area contributed by atoms with Gasteiger partial charge in [-0.2, -0.15) is 0 Å². The van der Waals surface area contributed by atoms with Crippen molar-refractivity contribution in [1.82, 2.24) is 0 Å². The van der Waals surface area contributed by atoms with E-state index in [2.05, 4.69) is 10.6 Å². The Morgan fingerprint density at radius 1 is 1.00 bits per heavy atom. The van der Waals surface area contributed by atoms with Crippen LogP contribution >= 0.6 is 12.2 Å². The van der Waals surface area contributed by atoms with Gasteiger partial charge < -0.3 is 15.4 Å². The molecule has 0 amide bonds. The molecule has 0 aliphatic carbocycles. The molecular weight excluding hydrogens is 292 g/mol. The van der Waals surface area contributed by atoms with Crippen LogP contribution in [0, 0.1) is 0 Å². The predicted octanol–water partition coefficient (Wildman–Crippen LogP) is 4.84. The first kappa shape index (κ1) is 16.0. The number of benzene rings is 2. The fourth-order valence-electron chi connectivity index (χ4n) is 1.96. The Labute approximate surface area is 137 Å². The zero-order chi connectivity index (χ0) is 15.8. The molecule has 2 rings (SSSR count). The Kier molecular flexibility index (Phi) is 5.98. The number of para-hydroxylation sites is 1. The van der Waals surface area contributed by atoms with Crippen molar-refractivity contribution >= 4 is 28.6 Å². The predicted molar refractivity (Wildman–Crippen MR) is 97.7 cm³/mol. The minimum atomic E-state index is 0.669. The molecule has 22 heavy (non-hydrogen) atoms. The zero-order valence-corrected chi connectivity index (χ0v) is 13.6. The molecule has 0 aliphatic heterocycles. The molecule has 0 radical (unpaired) electrons. The molecular formula is C18H20N2OS. The van der Waals surface area contributed by atoms with Gasteiger partial charge in [0.05, 0.1) is 6.61 Å². The summed E-state index contributed by atoms with van der Waals surface area (Å²) in [5.41, 5.74) is 2.95. The summed E-state index contributed by atoms with van der Waals surface area (Å²) < 4.78 is 5.42. The minimum absolute atomic E-state index is 0.669. The van der Waals surface area contributed by atoms with Gasteiger partial charge in [0.2, 0.25) is 0 Å². The van der Waals surface area contributed by atoms with Crippen LogP contribution in [0.25, 0.3) is 0 Å². The van der Waals surface area contributed by atoms with Crippen LogP contribution in [0.15, 0.2) is 66.4 Å². The van der Waals surface area contributed by atoms with E-state index in [0.29, 0.717) is 11.6 Å². The fourth-order valence-corrected chi connectivity index (χ4v) is 2.26. The molecule has 4 heteroatoms. The third kappa shape index (κ3) is 5.22. The zero-order valence-electron chi connectivity index (χ0n) is 12.8. The van der Waals surface area contributed by atoms with Gasteiger partial charge in [0, 0.05) is 17.1 Å². The lowest BCUT2D eigenvalue weighted by atomic mass is 10.3. The van der Waals surface area contributed by atoms with Crippen LogP contribution in [0.2, 0.25) is 0 Å². The van der Waals surface area contributed by atoms with Gasteiger partial charge >= 0.3 is 0 Å². The van der Waals surface area contributed by atoms with E-state index < -0.39 is 0 Å². The highest BCUT2D eigenvalue weighted by Crippen LogP contribution is 2.17. The molecule has 3 nitrogen and oxygen atoms in total. The highest BCUT2D eigenvalue weighted by Gasteiger charge is 1.98. The molecule has 114 valence electrons. The van der Waals surface area contributed by atoms with Crippen LogP contribution in [0.4, 0.5) is 11.4 Å². The van der Waals surface area contributed by atoms with E-state index in [0.717, 1.165) is 22.8 Å². The van der Waals surface area contributed by atoms with Crippen molar-refractivity contribution in [3.63, 3.8) is 0 Å². The van der Waals surface area contributed by atoms with Crippen LogP contribution in [0.1, 0.15) is 13.8 Å². The Hall–Kier alpha value is -2.33. The van der Waals surface area contributed by atoms with Crippen LogP contribution in [0.3, 0.4) is 0 Å². The SMILES string of the molecule is CCOc1ccc(N/C(C)=C/C(=S)Nc2ccccc2)cc1. The maximum Gasteiger partial charge on any atom is 0.119 e. The van der Waals surface area contributed by atoms with Gasteiger partial charge in [-0.05, 0) is 56.3 Å². The molecule has 0 saturated heterocycles. The molecule has 0 fully saturated rings. The quantitative estimate of drug-likeness (QED) is 0.590. The summed E-state index contributed by atoms with van der Waals surface area (Å²) >= 11 is 5.34. The van der Waals surface area contributed by atoms with Crippen LogP contribution in [0.5, 0.6) is 5.75 Å². The second-order valence-corrected chi connectivity index (χ2v) is 5.20. The smallest absolute Gasteiger partial charge is 0.119 e. The highest BCUT2D eigenvalue weighted by molar-refractivity contribution is 7.81. The van der Waals surface area contributed by atoms with Gasteiger partial charge in [0.15, 0.2) is 0 Å². The van der Waals surface area contributed by atoms with E-state index in [4.69, 9.17) is 17.0 Å². The molecule has 0 atom stereocenters. The summed E-state index contributed by atoms with van der Waals surface area (Å²) in [6.07, 6.45) is 1.90. The van der Waals surface area contributed by atoms with Crippen LogP contribution in [-0.4, -0.2) is 11.6 Å². The number of rotatable bonds is 6. The minimum Gasteiger partial charge on any atom is -0.494 e. The topological polar surface area (TPSA) is 33.3 Å². The van der Waals surface area contributed by atoms with Crippen molar-refractivity contribution in [3.8, 4) is 5.75 Å². The highest BCUT2D eigenvalue weighted by atomic mass is 32.1. The van der Waals surface area contributed by atoms with Gasteiger partial charge in [-0.15, -0.1) is 0 Å². The van der Waals surface area contributed by atoms with Crippen molar-refractivity contribution < 1.29 is 4.74 Å². The first-order valence-electron chi connectivity index (χ1n) is 7.21. The Bertz CT molecular complexity index is 636. The number of thiocarbonyl (C=S) groups is 1.